The van der Waals surface area contributed by atoms with Gasteiger partial charge in [-0.3, -0.25) is 9.36 Å². The van der Waals surface area contributed by atoms with Crippen molar-refractivity contribution in [3.63, 3.8) is 0 Å². The summed E-state index contributed by atoms with van der Waals surface area (Å²) in [4.78, 5) is 20.6. The number of hydrogen-bond acceptors (Lipinski definition) is 5. The molecule has 0 aromatic carbocycles. The summed E-state index contributed by atoms with van der Waals surface area (Å²) in [6, 6.07) is 3.57. The number of carbonyl (C=O) groups excluding carboxylic acids is 1. The first kappa shape index (κ1) is 16.4. The van der Waals surface area contributed by atoms with Crippen LogP contribution in [0.4, 0.5) is 0 Å². The van der Waals surface area contributed by atoms with E-state index >= 15 is 0 Å². The molecule has 1 N–H and O–H groups in total. The molecule has 0 saturated carbocycles. The summed E-state index contributed by atoms with van der Waals surface area (Å²) < 4.78 is 4.00. The zero-order valence-electron chi connectivity index (χ0n) is 14.5. The molecular formula is C18H21N7O. The molecular weight excluding hydrogens is 330 g/mol. The number of aryl methyl sites for hydroxylation is 1. The van der Waals surface area contributed by atoms with Crippen molar-refractivity contribution in [3.8, 4) is 5.82 Å². The van der Waals surface area contributed by atoms with Crippen LogP contribution >= 0.6 is 0 Å². The lowest BCUT2D eigenvalue weighted by atomic mass is 10.2. The Morgan fingerprint density at radius 2 is 2.15 bits per heavy atom. The molecule has 8 nitrogen and oxygen atoms in total. The molecule has 26 heavy (non-hydrogen) atoms. The van der Waals surface area contributed by atoms with Gasteiger partial charge >= 0.3 is 0 Å². The van der Waals surface area contributed by atoms with E-state index < -0.39 is 0 Å². The number of amides is 1. The third-order valence-electron chi connectivity index (χ3n) is 4.60. The van der Waals surface area contributed by atoms with E-state index in [2.05, 4.69) is 30.0 Å². The number of nitrogens with one attached hydrogen (secondary N) is 1. The molecule has 0 atom stereocenters. The van der Waals surface area contributed by atoms with Crippen molar-refractivity contribution in [2.45, 2.75) is 38.6 Å². The van der Waals surface area contributed by atoms with E-state index in [-0.39, 0.29) is 5.91 Å². The summed E-state index contributed by atoms with van der Waals surface area (Å²) in [6.45, 7) is 1.51. The second kappa shape index (κ2) is 7.47. The molecule has 0 aliphatic carbocycles. The van der Waals surface area contributed by atoms with E-state index in [1.807, 2.05) is 6.20 Å². The van der Waals surface area contributed by atoms with E-state index in [0.29, 0.717) is 18.5 Å². The maximum atomic E-state index is 12.3. The maximum absolute atomic E-state index is 12.3. The third-order valence-corrected chi connectivity index (χ3v) is 4.60. The minimum absolute atomic E-state index is 0.134. The van der Waals surface area contributed by atoms with E-state index in [9.17, 15) is 4.79 Å². The highest BCUT2D eigenvalue weighted by Crippen LogP contribution is 2.14. The molecule has 0 fully saturated rings. The molecule has 3 aromatic heterocycles. The summed E-state index contributed by atoms with van der Waals surface area (Å²) in [6.07, 6.45) is 12.0. The molecule has 4 heterocycles. The normalized spacial score (nSPS) is 13.8. The summed E-state index contributed by atoms with van der Waals surface area (Å²) in [5.74, 6) is 2.62. The first-order valence-electron chi connectivity index (χ1n) is 8.95. The van der Waals surface area contributed by atoms with Gasteiger partial charge in [0.25, 0.3) is 5.91 Å². The number of rotatable bonds is 5. The Balaban J connectivity index is 1.34. The van der Waals surface area contributed by atoms with Gasteiger partial charge in [-0.05, 0) is 25.0 Å². The van der Waals surface area contributed by atoms with Crippen LogP contribution in [0.3, 0.4) is 0 Å². The molecule has 0 radical (unpaired) electrons. The number of carbonyl (C=O) groups is 1. The Labute approximate surface area is 151 Å². The van der Waals surface area contributed by atoms with Crippen LogP contribution in [0.5, 0.6) is 0 Å². The highest BCUT2D eigenvalue weighted by molar-refractivity contribution is 5.93. The maximum Gasteiger partial charge on any atom is 0.252 e. The van der Waals surface area contributed by atoms with Gasteiger partial charge in [-0.25, -0.2) is 9.97 Å². The average molecular weight is 351 g/mol. The molecule has 4 rings (SSSR count). The molecule has 8 heteroatoms. The molecule has 1 amide bonds. The van der Waals surface area contributed by atoms with E-state index in [1.54, 1.807) is 35.4 Å². The minimum Gasteiger partial charge on any atom is -0.352 e. The molecule has 0 unspecified atom stereocenters. The summed E-state index contributed by atoms with van der Waals surface area (Å²) in [7, 11) is 0. The van der Waals surface area contributed by atoms with Crippen LogP contribution in [-0.4, -0.2) is 41.8 Å². The number of pyridine rings is 1. The molecule has 1 aliphatic heterocycles. The van der Waals surface area contributed by atoms with Crippen LogP contribution < -0.4 is 5.32 Å². The Morgan fingerprint density at radius 3 is 2.96 bits per heavy atom. The summed E-state index contributed by atoms with van der Waals surface area (Å²) in [5.41, 5.74) is 0.536. The predicted octanol–water partition coefficient (Wildman–Crippen LogP) is 1.56. The smallest absolute Gasteiger partial charge is 0.252 e. The van der Waals surface area contributed by atoms with Gasteiger partial charge in [0, 0.05) is 44.5 Å². The third kappa shape index (κ3) is 3.49. The molecule has 0 spiro atoms. The van der Waals surface area contributed by atoms with Crippen molar-refractivity contribution >= 4 is 5.91 Å². The average Bonchev–Trinajstić information content (AvgIpc) is 3.27. The summed E-state index contributed by atoms with van der Waals surface area (Å²) in [5, 5.41) is 11.5. The molecule has 0 saturated heterocycles. The number of hydrogen-bond donors (Lipinski definition) is 1. The van der Waals surface area contributed by atoms with Gasteiger partial charge in [0.05, 0.1) is 5.56 Å². The van der Waals surface area contributed by atoms with Gasteiger partial charge in [0.15, 0.2) is 0 Å². The van der Waals surface area contributed by atoms with Gasteiger partial charge in [-0.2, -0.15) is 0 Å². The van der Waals surface area contributed by atoms with Crippen molar-refractivity contribution in [2.24, 2.45) is 0 Å². The topological polar surface area (TPSA) is 90.5 Å². The Bertz CT molecular complexity index is 868. The second-order valence-electron chi connectivity index (χ2n) is 6.38. The van der Waals surface area contributed by atoms with E-state index in [1.165, 1.54) is 19.3 Å². The predicted molar refractivity (Wildman–Crippen MR) is 95.0 cm³/mol. The molecule has 3 aromatic rings. The van der Waals surface area contributed by atoms with E-state index in [0.717, 1.165) is 30.4 Å². The van der Waals surface area contributed by atoms with Crippen molar-refractivity contribution < 1.29 is 4.79 Å². The Morgan fingerprint density at radius 1 is 1.19 bits per heavy atom. The van der Waals surface area contributed by atoms with Crippen molar-refractivity contribution in [2.75, 3.05) is 6.54 Å². The SMILES string of the molecule is O=C(NCCc1nnc2n1CCCCC2)c1ccc(-n2ccnc2)nc1. The molecule has 0 bridgehead atoms. The summed E-state index contributed by atoms with van der Waals surface area (Å²) >= 11 is 0. The fraction of sp³-hybridized carbons (Fsp3) is 0.389. The largest absolute Gasteiger partial charge is 0.352 e. The molecule has 134 valence electrons. The highest BCUT2D eigenvalue weighted by atomic mass is 16.1. The number of nitrogens with zero attached hydrogens (tertiary/aromatic N) is 6. The minimum atomic E-state index is -0.134. The fourth-order valence-corrected chi connectivity index (χ4v) is 3.19. The zero-order chi connectivity index (χ0) is 17.8. The van der Waals surface area contributed by atoms with Crippen LogP contribution in [0.2, 0.25) is 0 Å². The second-order valence-corrected chi connectivity index (χ2v) is 6.38. The standard InChI is InChI=1S/C18H21N7O/c26-18(14-5-6-15(21-12-14)24-11-9-19-13-24)20-8-7-17-23-22-16-4-2-1-3-10-25(16)17/h5-6,9,11-13H,1-4,7-8,10H2,(H,20,26). The zero-order valence-corrected chi connectivity index (χ0v) is 14.5. The van der Waals surface area contributed by atoms with Gasteiger partial charge in [0.2, 0.25) is 0 Å². The van der Waals surface area contributed by atoms with Gasteiger partial charge in [-0.15, -0.1) is 10.2 Å². The van der Waals surface area contributed by atoms with Crippen molar-refractivity contribution in [3.05, 3.63) is 54.3 Å². The van der Waals surface area contributed by atoms with Crippen molar-refractivity contribution in [1.82, 2.24) is 34.6 Å². The lowest BCUT2D eigenvalue weighted by molar-refractivity contribution is 0.0953. The fourth-order valence-electron chi connectivity index (χ4n) is 3.19. The van der Waals surface area contributed by atoms with Crippen LogP contribution in [0.15, 0.2) is 37.1 Å². The van der Waals surface area contributed by atoms with Crippen LogP contribution in [0.1, 0.15) is 41.3 Å². The van der Waals surface area contributed by atoms with Crippen LogP contribution in [0.25, 0.3) is 5.82 Å². The molecule has 1 aliphatic rings. The van der Waals surface area contributed by atoms with E-state index in [4.69, 9.17) is 0 Å². The first-order chi connectivity index (χ1) is 12.8. The number of aromatic nitrogens is 6. The quantitative estimate of drug-likeness (QED) is 0.753. The lowest BCUT2D eigenvalue weighted by Crippen LogP contribution is -2.26. The van der Waals surface area contributed by atoms with Crippen LogP contribution in [0, 0.1) is 0 Å². The first-order valence-corrected chi connectivity index (χ1v) is 8.95. The van der Waals surface area contributed by atoms with Crippen LogP contribution in [-0.2, 0) is 19.4 Å². The highest BCUT2D eigenvalue weighted by Gasteiger charge is 2.14. The monoisotopic (exact) mass is 351 g/mol. The number of imidazole rings is 1. The van der Waals surface area contributed by atoms with Gasteiger partial charge < -0.3 is 9.88 Å². The van der Waals surface area contributed by atoms with Crippen molar-refractivity contribution in [1.29, 1.82) is 0 Å². The lowest BCUT2D eigenvalue weighted by Gasteiger charge is -2.08. The Kier molecular flexibility index (Phi) is 4.72. The van der Waals surface area contributed by atoms with Gasteiger partial charge in [0.1, 0.15) is 23.8 Å². The Hall–Kier alpha value is -3.03. The van der Waals surface area contributed by atoms with Gasteiger partial charge in [-0.1, -0.05) is 6.42 Å². The number of fused-ring (bicyclic) bond motifs is 1.